The number of sulfone groups is 2. The fraction of sp³-hybridized carbons (Fsp3) is 0.390. The summed E-state index contributed by atoms with van der Waals surface area (Å²) in [6, 6.07) is 45.8. The van der Waals surface area contributed by atoms with E-state index in [9.17, 15) is 31.2 Å². The number of benzene rings is 5. The van der Waals surface area contributed by atoms with Gasteiger partial charge in [0.1, 0.15) is 0 Å². The van der Waals surface area contributed by atoms with E-state index >= 15 is 0 Å². The average Bonchev–Trinajstić information content (AvgIpc) is 0.966. The number of esters is 3. The molecule has 0 fully saturated rings. The second-order valence-electron chi connectivity index (χ2n) is 22.8. The number of unbranched alkanes of at least 4 members (excludes halogenated alkanes) is 16. The van der Waals surface area contributed by atoms with Crippen LogP contribution in [0.25, 0.3) is 0 Å². The standard InChI is InChI=1S/C77H99N3O10S3/c1-4-7-9-11-17-38-63-89-75(81)72(91-69-47-28-21-29-48-69)53-40-60-78(56-34-13-15-36-58-79(65-67-43-24-19-25-44-67)61-41-54-73(76(82)88-6-3)92(84,85)70-49-30-22-31-50-70)57-35-14-16-37-59-80(66-68-45-26-20-27-46-68)62-42-55-74(93(86,87)71-51-32-23-33-52-71)77(83)90-64-39-18-12-10-8-5-2/h6,19-33,40-55,60-62H,3-5,7-18,34-39,56-59,63-66H2,1-2H3/b60-40+,61-41+,62-42+,72-53-,73-54-,74-55-. The highest BCUT2D eigenvalue weighted by Crippen LogP contribution is 2.28. The van der Waals surface area contributed by atoms with Gasteiger partial charge in [0.05, 0.1) is 34.2 Å². The van der Waals surface area contributed by atoms with Crippen molar-refractivity contribution in [1.29, 1.82) is 0 Å². The van der Waals surface area contributed by atoms with Crippen LogP contribution in [0.15, 0.2) is 249 Å². The van der Waals surface area contributed by atoms with Gasteiger partial charge >= 0.3 is 17.9 Å². The molecule has 0 saturated carbocycles. The minimum Gasteiger partial charge on any atom is -0.462 e. The lowest BCUT2D eigenvalue weighted by Crippen LogP contribution is -2.21. The third-order valence-corrected chi connectivity index (χ3v) is 19.9. The van der Waals surface area contributed by atoms with Crippen LogP contribution in [0.5, 0.6) is 0 Å². The lowest BCUT2D eigenvalue weighted by Gasteiger charge is -2.22. The molecule has 0 aliphatic carbocycles. The molecule has 5 aromatic rings. The SMILES string of the molecule is C=COC(=O)/C(=C/C=C/N(CCCCCCN(/C=C/C=C(\Sc1ccccc1)C(=O)OCCCCCCCC)CCCCCCN(/C=C/C=C(/C(=O)OCCCCCCCC)S(=O)(=O)c1ccccc1)Cc1ccccc1)Cc1ccccc1)S(=O)(=O)c1ccccc1. The lowest BCUT2D eigenvalue weighted by atomic mass is 10.1. The molecule has 0 atom stereocenters. The monoisotopic (exact) mass is 1320 g/mol. The Morgan fingerprint density at radius 3 is 1.18 bits per heavy atom. The normalized spacial score (nSPS) is 12.3. The molecule has 0 amide bonds. The first-order chi connectivity index (χ1) is 45.3. The van der Waals surface area contributed by atoms with Crippen LogP contribution >= 0.6 is 11.8 Å². The van der Waals surface area contributed by atoms with E-state index in [0.717, 1.165) is 138 Å². The molecule has 0 aliphatic heterocycles. The Kier molecular flexibility index (Phi) is 37.3. The van der Waals surface area contributed by atoms with Gasteiger partial charge in [0, 0.05) is 44.2 Å². The van der Waals surface area contributed by atoms with Gasteiger partial charge in [-0.05, 0) is 141 Å². The molecule has 0 radical (unpaired) electrons. The van der Waals surface area contributed by atoms with E-state index in [1.165, 1.54) is 67.4 Å². The Labute approximate surface area is 560 Å². The number of rotatable bonds is 48. The van der Waals surface area contributed by atoms with Crippen molar-refractivity contribution in [2.75, 3.05) is 39.4 Å². The summed E-state index contributed by atoms with van der Waals surface area (Å²) in [7, 11) is -8.36. The Bertz CT molecular complexity index is 3360. The van der Waals surface area contributed by atoms with Crippen LogP contribution in [0.4, 0.5) is 0 Å². The van der Waals surface area contributed by atoms with Gasteiger partial charge in [-0.3, -0.25) is 0 Å². The Balaban J connectivity index is 1.28. The fourth-order valence-electron chi connectivity index (χ4n) is 10.2. The molecule has 0 saturated heterocycles. The molecule has 0 spiro atoms. The fourth-order valence-corrected chi connectivity index (χ4v) is 13.6. The number of carbonyl (C=O) groups is 3. The molecule has 13 nitrogen and oxygen atoms in total. The maximum absolute atomic E-state index is 13.9. The maximum Gasteiger partial charge on any atom is 0.354 e. The van der Waals surface area contributed by atoms with E-state index in [0.29, 0.717) is 44.1 Å². The highest BCUT2D eigenvalue weighted by atomic mass is 32.2. The second kappa shape index (κ2) is 45.6. The van der Waals surface area contributed by atoms with E-state index in [-0.39, 0.29) is 22.4 Å². The number of hydrogen-bond donors (Lipinski definition) is 0. The summed E-state index contributed by atoms with van der Waals surface area (Å²) < 4.78 is 71.5. The first kappa shape index (κ1) is 76.1. The van der Waals surface area contributed by atoms with Crippen LogP contribution < -0.4 is 0 Å². The first-order valence-corrected chi connectivity index (χ1v) is 37.1. The van der Waals surface area contributed by atoms with E-state index < -0.39 is 41.4 Å². The number of nitrogens with zero attached hydrogens (tertiary/aromatic N) is 3. The van der Waals surface area contributed by atoms with Gasteiger partial charge in [0.2, 0.25) is 19.7 Å². The molecule has 93 heavy (non-hydrogen) atoms. The maximum atomic E-state index is 13.9. The minimum atomic E-state index is -4.19. The third-order valence-electron chi connectivity index (χ3n) is 15.3. The van der Waals surface area contributed by atoms with Gasteiger partial charge in [0.25, 0.3) is 0 Å². The molecule has 16 heteroatoms. The summed E-state index contributed by atoms with van der Waals surface area (Å²) in [6.45, 7) is 12.5. The highest BCUT2D eigenvalue weighted by Gasteiger charge is 2.29. The molecule has 0 heterocycles. The van der Waals surface area contributed by atoms with Crippen molar-refractivity contribution < 1.29 is 45.4 Å². The van der Waals surface area contributed by atoms with Gasteiger partial charge in [-0.15, -0.1) is 0 Å². The number of ether oxygens (including phenoxy) is 3. The zero-order chi connectivity index (χ0) is 66.5. The summed E-state index contributed by atoms with van der Waals surface area (Å²) in [5.41, 5.74) is 2.18. The smallest absolute Gasteiger partial charge is 0.354 e. The summed E-state index contributed by atoms with van der Waals surface area (Å²) >= 11 is 1.40. The predicted molar refractivity (Wildman–Crippen MR) is 378 cm³/mol. The number of carbonyl (C=O) groups excluding carboxylic acids is 3. The second-order valence-corrected chi connectivity index (χ2v) is 27.8. The largest absolute Gasteiger partial charge is 0.462 e. The van der Waals surface area contributed by atoms with Crippen LogP contribution in [-0.2, 0) is 61.4 Å². The van der Waals surface area contributed by atoms with Crippen molar-refractivity contribution in [3.63, 3.8) is 0 Å². The Morgan fingerprint density at radius 2 is 0.753 bits per heavy atom. The Hall–Kier alpha value is -7.66. The van der Waals surface area contributed by atoms with Gasteiger partial charge in [-0.2, -0.15) is 0 Å². The van der Waals surface area contributed by atoms with Crippen molar-refractivity contribution in [2.45, 2.75) is 170 Å². The molecule has 0 aromatic heterocycles. The zero-order valence-corrected chi connectivity index (χ0v) is 57.3. The molecule has 500 valence electrons. The molecule has 0 aliphatic rings. The minimum absolute atomic E-state index is 0.0200. The van der Waals surface area contributed by atoms with Crippen LogP contribution in [0, 0.1) is 0 Å². The zero-order valence-electron chi connectivity index (χ0n) is 54.9. The van der Waals surface area contributed by atoms with Crippen molar-refractivity contribution in [3.05, 3.63) is 245 Å². The van der Waals surface area contributed by atoms with E-state index in [1.54, 1.807) is 48.6 Å². The van der Waals surface area contributed by atoms with E-state index in [4.69, 9.17) is 14.2 Å². The molecule has 5 rings (SSSR count). The Morgan fingerprint density at radius 1 is 0.409 bits per heavy atom. The van der Waals surface area contributed by atoms with Crippen molar-refractivity contribution in [1.82, 2.24) is 14.7 Å². The van der Waals surface area contributed by atoms with Crippen molar-refractivity contribution >= 4 is 49.3 Å². The number of allylic oxidation sites excluding steroid dienone is 6. The average molecular weight is 1320 g/mol. The topological polar surface area (TPSA) is 157 Å². The van der Waals surface area contributed by atoms with E-state index in [1.807, 2.05) is 103 Å². The van der Waals surface area contributed by atoms with Crippen LogP contribution in [0.1, 0.15) is 153 Å². The lowest BCUT2D eigenvalue weighted by molar-refractivity contribution is -0.139. The molecule has 5 aromatic carbocycles. The first-order valence-electron chi connectivity index (χ1n) is 33.3. The van der Waals surface area contributed by atoms with Gasteiger partial charge in [-0.25, -0.2) is 31.2 Å². The van der Waals surface area contributed by atoms with Gasteiger partial charge in [0.15, 0.2) is 9.81 Å². The van der Waals surface area contributed by atoms with Crippen LogP contribution in [0.3, 0.4) is 0 Å². The summed E-state index contributed by atoms with van der Waals surface area (Å²) in [5.74, 6) is -2.21. The number of hydrogen-bond acceptors (Lipinski definition) is 14. The summed E-state index contributed by atoms with van der Waals surface area (Å²) in [4.78, 5) is 47.4. The highest BCUT2D eigenvalue weighted by molar-refractivity contribution is 8.04. The third kappa shape index (κ3) is 30.3. The van der Waals surface area contributed by atoms with Gasteiger partial charge < -0.3 is 28.9 Å². The van der Waals surface area contributed by atoms with Gasteiger partial charge in [-0.1, -0.05) is 237 Å². The molecule has 0 unspecified atom stereocenters. The molecular weight excluding hydrogens is 1220 g/mol. The van der Waals surface area contributed by atoms with Crippen molar-refractivity contribution in [2.24, 2.45) is 0 Å². The predicted octanol–water partition coefficient (Wildman–Crippen LogP) is 17.8. The van der Waals surface area contributed by atoms with Crippen molar-refractivity contribution in [3.8, 4) is 0 Å². The van der Waals surface area contributed by atoms with Crippen LogP contribution in [0.2, 0.25) is 0 Å². The molecular formula is C77H99N3O10S3. The summed E-state index contributed by atoms with van der Waals surface area (Å²) in [5, 5.41) is 0. The molecule has 0 bridgehead atoms. The van der Waals surface area contributed by atoms with Crippen LogP contribution in [-0.4, -0.2) is 88.8 Å². The quantitative estimate of drug-likeness (QED) is 0.00689. The number of thioether (sulfide) groups is 1. The summed E-state index contributed by atoms with van der Waals surface area (Å²) in [6.07, 6.45) is 36.3. The van der Waals surface area contributed by atoms with E-state index in [2.05, 4.69) is 53.5 Å². The molecule has 0 N–H and O–H groups in total.